The van der Waals surface area contributed by atoms with Crippen LogP contribution in [0.2, 0.25) is 0 Å². The van der Waals surface area contributed by atoms with Gasteiger partial charge >= 0.3 is 0 Å². The first-order chi connectivity index (χ1) is 14.3. The molecule has 2 N–H and O–H groups in total. The van der Waals surface area contributed by atoms with Crippen molar-refractivity contribution in [3.8, 4) is 5.75 Å². The number of rotatable bonds is 5. The lowest BCUT2D eigenvalue weighted by molar-refractivity contribution is 0.102. The standard InChI is InChI=1S/C21H27N7O2/c1-5-30-17-11-16-14(12-27(4)26-16)10-15(17)20(29)23-18-6-7-19(25-24-18)28-9-8-22-21(2,3)13-28/h6-7,10-12,22H,5,8-9,13H2,1-4H3,(H,23,24,29). The van der Waals surface area contributed by atoms with E-state index in [4.69, 9.17) is 4.74 Å². The van der Waals surface area contributed by atoms with Crippen LogP contribution in [-0.4, -0.2) is 57.7 Å². The van der Waals surface area contributed by atoms with Crippen LogP contribution in [0, 0.1) is 0 Å². The maximum absolute atomic E-state index is 12.9. The number of piperazine rings is 1. The Morgan fingerprint density at radius 2 is 2.13 bits per heavy atom. The SMILES string of the molecule is CCOc1cc2nn(C)cc2cc1C(=O)Nc1ccc(N2CCNC(C)(C)C2)nn1. The van der Waals surface area contributed by atoms with E-state index in [9.17, 15) is 4.79 Å². The van der Waals surface area contributed by atoms with Gasteiger partial charge in [-0.2, -0.15) is 5.10 Å². The van der Waals surface area contributed by atoms with E-state index in [1.807, 2.05) is 26.2 Å². The van der Waals surface area contributed by atoms with Crippen molar-refractivity contribution in [3.05, 3.63) is 36.0 Å². The quantitative estimate of drug-likeness (QED) is 0.667. The monoisotopic (exact) mass is 409 g/mol. The van der Waals surface area contributed by atoms with E-state index in [2.05, 4.69) is 44.7 Å². The molecule has 1 aliphatic rings. The van der Waals surface area contributed by atoms with Gasteiger partial charge in [0.2, 0.25) is 0 Å². The number of aromatic nitrogens is 4. The lowest BCUT2D eigenvalue weighted by atomic mass is 10.0. The summed E-state index contributed by atoms with van der Waals surface area (Å²) in [6.45, 7) is 9.26. The highest BCUT2D eigenvalue weighted by Crippen LogP contribution is 2.26. The second-order valence-corrected chi connectivity index (χ2v) is 8.11. The Kier molecular flexibility index (Phi) is 5.29. The summed E-state index contributed by atoms with van der Waals surface area (Å²) in [6.07, 6.45) is 1.87. The van der Waals surface area contributed by atoms with Crippen molar-refractivity contribution < 1.29 is 9.53 Å². The number of nitrogens with one attached hydrogen (secondary N) is 2. The molecule has 3 heterocycles. The molecular weight excluding hydrogens is 382 g/mol. The Morgan fingerprint density at radius 3 is 2.83 bits per heavy atom. The Hall–Kier alpha value is -3.20. The van der Waals surface area contributed by atoms with Crippen molar-refractivity contribution in [3.63, 3.8) is 0 Å². The molecule has 9 nitrogen and oxygen atoms in total. The van der Waals surface area contributed by atoms with Gasteiger partial charge in [-0.15, -0.1) is 10.2 Å². The fourth-order valence-corrected chi connectivity index (χ4v) is 3.71. The highest BCUT2D eigenvalue weighted by molar-refractivity contribution is 6.08. The van der Waals surface area contributed by atoms with E-state index in [0.717, 1.165) is 36.4 Å². The predicted octanol–water partition coefficient (Wildman–Crippen LogP) is 2.20. The van der Waals surface area contributed by atoms with Gasteiger partial charge < -0.3 is 20.3 Å². The predicted molar refractivity (Wildman–Crippen MR) is 116 cm³/mol. The molecule has 4 rings (SSSR count). The smallest absolute Gasteiger partial charge is 0.260 e. The van der Waals surface area contributed by atoms with E-state index in [1.54, 1.807) is 22.9 Å². The fourth-order valence-electron chi connectivity index (χ4n) is 3.71. The maximum atomic E-state index is 12.9. The molecule has 0 spiro atoms. The number of fused-ring (bicyclic) bond motifs is 1. The van der Waals surface area contributed by atoms with E-state index in [-0.39, 0.29) is 11.4 Å². The van der Waals surface area contributed by atoms with Gasteiger partial charge in [0.05, 0.1) is 17.7 Å². The summed E-state index contributed by atoms with van der Waals surface area (Å²) in [5.41, 5.74) is 1.24. The average molecular weight is 409 g/mol. The summed E-state index contributed by atoms with van der Waals surface area (Å²) in [4.78, 5) is 15.1. The fraction of sp³-hybridized carbons (Fsp3) is 0.429. The highest BCUT2D eigenvalue weighted by atomic mass is 16.5. The van der Waals surface area contributed by atoms with Crippen molar-refractivity contribution in [1.29, 1.82) is 0 Å². The zero-order chi connectivity index (χ0) is 21.3. The third-order valence-corrected chi connectivity index (χ3v) is 5.05. The van der Waals surface area contributed by atoms with Gasteiger partial charge in [-0.25, -0.2) is 0 Å². The van der Waals surface area contributed by atoms with Crippen LogP contribution in [0.1, 0.15) is 31.1 Å². The van der Waals surface area contributed by atoms with Crippen molar-refractivity contribution >= 4 is 28.4 Å². The maximum Gasteiger partial charge on any atom is 0.260 e. The first-order valence-corrected chi connectivity index (χ1v) is 10.1. The van der Waals surface area contributed by atoms with Crippen molar-refractivity contribution in [2.24, 2.45) is 7.05 Å². The molecule has 1 saturated heterocycles. The number of hydrogen-bond donors (Lipinski definition) is 2. The van der Waals surface area contributed by atoms with E-state index < -0.39 is 0 Å². The van der Waals surface area contributed by atoms with Crippen LogP contribution in [0.3, 0.4) is 0 Å². The highest BCUT2D eigenvalue weighted by Gasteiger charge is 2.26. The van der Waals surface area contributed by atoms with Crippen molar-refractivity contribution in [2.75, 3.05) is 36.5 Å². The first kappa shape index (κ1) is 20.1. The summed E-state index contributed by atoms with van der Waals surface area (Å²) in [5, 5.41) is 20.1. The molecule has 0 atom stereocenters. The summed E-state index contributed by atoms with van der Waals surface area (Å²) < 4.78 is 7.38. The van der Waals surface area contributed by atoms with Gasteiger partial charge in [0.15, 0.2) is 11.6 Å². The summed E-state index contributed by atoms with van der Waals surface area (Å²) in [6, 6.07) is 7.23. The van der Waals surface area contributed by atoms with Gasteiger partial charge in [-0.1, -0.05) is 0 Å². The Morgan fingerprint density at radius 1 is 1.30 bits per heavy atom. The average Bonchev–Trinajstić information content (AvgIpc) is 3.06. The van der Waals surface area contributed by atoms with Gasteiger partial charge in [0, 0.05) is 49.9 Å². The number of carbonyl (C=O) groups is 1. The minimum Gasteiger partial charge on any atom is -0.493 e. The third-order valence-electron chi connectivity index (χ3n) is 5.05. The van der Waals surface area contributed by atoms with Gasteiger partial charge in [0.1, 0.15) is 5.75 Å². The van der Waals surface area contributed by atoms with Gasteiger partial charge in [-0.3, -0.25) is 9.48 Å². The molecule has 1 amide bonds. The minimum absolute atomic E-state index is 0.0213. The van der Waals surface area contributed by atoms with Gasteiger partial charge in [0.25, 0.3) is 5.91 Å². The molecule has 0 bridgehead atoms. The molecule has 3 aromatic rings. The Labute approximate surface area is 175 Å². The third kappa shape index (κ3) is 4.20. The first-order valence-electron chi connectivity index (χ1n) is 10.1. The second kappa shape index (κ2) is 7.91. The molecule has 0 aliphatic carbocycles. The number of anilines is 2. The Bertz CT molecular complexity index is 1060. The summed E-state index contributed by atoms with van der Waals surface area (Å²) >= 11 is 0. The van der Waals surface area contributed by atoms with Crippen LogP contribution in [0.25, 0.3) is 10.9 Å². The number of hydrogen-bond acceptors (Lipinski definition) is 7. The molecule has 158 valence electrons. The van der Waals surface area contributed by atoms with Crippen molar-refractivity contribution in [2.45, 2.75) is 26.3 Å². The van der Waals surface area contributed by atoms with Crippen LogP contribution in [0.4, 0.5) is 11.6 Å². The summed E-state index contributed by atoms with van der Waals surface area (Å²) in [5.74, 6) is 1.39. The van der Waals surface area contributed by atoms with E-state index in [1.165, 1.54) is 0 Å². The number of carbonyl (C=O) groups excluding carboxylic acids is 1. The van der Waals surface area contributed by atoms with E-state index >= 15 is 0 Å². The molecule has 0 unspecified atom stereocenters. The molecular formula is C21H27N7O2. The number of nitrogens with zero attached hydrogens (tertiary/aromatic N) is 5. The second-order valence-electron chi connectivity index (χ2n) is 8.11. The summed E-state index contributed by atoms with van der Waals surface area (Å²) in [7, 11) is 1.84. The molecule has 9 heteroatoms. The number of amides is 1. The topological polar surface area (TPSA) is 97.2 Å². The van der Waals surface area contributed by atoms with Crippen LogP contribution in [0.15, 0.2) is 30.5 Å². The lowest BCUT2D eigenvalue weighted by Gasteiger charge is -2.39. The van der Waals surface area contributed by atoms with Crippen LogP contribution < -0.4 is 20.3 Å². The van der Waals surface area contributed by atoms with Crippen LogP contribution in [0.5, 0.6) is 5.75 Å². The van der Waals surface area contributed by atoms with Gasteiger partial charge in [-0.05, 0) is 39.0 Å². The molecule has 0 radical (unpaired) electrons. The molecule has 1 fully saturated rings. The van der Waals surface area contributed by atoms with E-state index in [0.29, 0.717) is 23.7 Å². The zero-order valence-electron chi connectivity index (χ0n) is 17.8. The zero-order valence-corrected chi connectivity index (χ0v) is 17.8. The molecule has 1 aliphatic heterocycles. The largest absolute Gasteiger partial charge is 0.493 e. The number of aryl methyl sites for hydroxylation is 1. The van der Waals surface area contributed by atoms with Crippen LogP contribution in [-0.2, 0) is 7.05 Å². The molecule has 30 heavy (non-hydrogen) atoms. The Balaban J connectivity index is 1.53. The lowest BCUT2D eigenvalue weighted by Crippen LogP contribution is -2.57. The minimum atomic E-state index is -0.297. The molecule has 0 saturated carbocycles. The number of benzene rings is 1. The normalized spacial score (nSPS) is 15.9. The van der Waals surface area contributed by atoms with Crippen LogP contribution >= 0.6 is 0 Å². The number of ether oxygens (including phenoxy) is 1. The molecule has 1 aromatic carbocycles. The van der Waals surface area contributed by atoms with Crippen molar-refractivity contribution in [1.82, 2.24) is 25.3 Å². The molecule has 2 aromatic heterocycles.